The van der Waals surface area contributed by atoms with Crippen LogP contribution in [0.4, 0.5) is 0 Å². The van der Waals surface area contributed by atoms with Gasteiger partial charge in [-0.15, -0.1) is 6.58 Å². The highest BCUT2D eigenvalue weighted by molar-refractivity contribution is 7.91. The van der Waals surface area contributed by atoms with Crippen LogP contribution in [0.5, 0.6) is 0 Å². The molecule has 0 saturated carbocycles. The molecule has 0 aromatic rings. The average molecular weight is 260 g/mol. The molecule has 0 aromatic carbocycles. The molecule has 0 aromatic heterocycles. The highest BCUT2D eigenvalue weighted by Crippen LogP contribution is 2.07. The Bertz CT molecular complexity index is 378. The van der Waals surface area contributed by atoms with E-state index in [-0.39, 0.29) is 29.9 Å². The molecule has 0 aliphatic carbocycles. The molecule has 1 N–H and O–H groups in total. The van der Waals surface area contributed by atoms with E-state index in [2.05, 4.69) is 11.9 Å². The van der Waals surface area contributed by atoms with Gasteiger partial charge in [-0.3, -0.25) is 4.79 Å². The normalized spacial score (nSPS) is 23.0. The number of hydrogen-bond donors (Lipinski definition) is 1. The largest absolute Gasteiger partial charge is 0.339 e. The summed E-state index contributed by atoms with van der Waals surface area (Å²) in [5.74, 6) is 0.202. The Morgan fingerprint density at radius 2 is 2.29 bits per heavy atom. The molecule has 1 atom stereocenters. The lowest BCUT2D eigenvalue weighted by Crippen LogP contribution is -2.47. The van der Waals surface area contributed by atoms with Crippen molar-refractivity contribution in [1.82, 2.24) is 10.2 Å². The lowest BCUT2D eigenvalue weighted by molar-refractivity contribution is -0.130. The molecule has 1 aliphatic heterocycles. The predicted octanol–water partition coefficient (Wildman–Crippen LogP) is -0.202. The van der Waals surface area contributed by atoms with Gasteiger partial charge in [-0.1, -0.05) is 6.08 Å². The molecule has 1 saturated heterocycles. The minimum absolute atomic E-state index is 0.0259. The first-order chi connectivity index (χ1) is 7.98. The van der Waals surface area contributed by atoms with Crippen LogP contribution < -0.4 is 5.32 Å². The molecule has 0 bridgehead atoms. The van der Waals surface area contributed by atoms with Crippen LogP contribution >= 0.6 is 0 Å². The van der Waals surface area contributed by atoms with Crippen LogP contribution in [0.3, 0.4) is 0 Å². The molecule has 5 nitrogen and oxygen atoms in total. The van der Waals surface area contributed by atoms with Crippen molar-refractivity contribution in [2.45, 2.75) is 19.4 Å². The Kier molecular flexibility index (Phi) is 5.14. The Morgan fingerprint density at radius 3 is 2.82 bits per heavy atom. The van der Waals surface area contributed by atoms with Crippen LogP contribution in [0.25, 0.3) is 0 Å². The molecular formula is C11H20N2O3S. The number of carbonyl (C=O) groups excluding carboxylic acids is 1. The van der Waals surface area contributed by atoms with Gasteiger partial charge < -0.3 is 10.2 Å². The van der Waals surface area contributed by atoms with Gasteiger partial charge in [0.2, 0.25) is 5.91 Å². The van der Waals surface area contributed by atoms with Gasteiger partial charge in [-0.25, -0.2) is 8.42 Å². The molecular weight excluding hydrogens is 240 g/mol. The Morgan fingerprint density at radius 1 is 1.59 bits per heavy atom. The smallest absolute Gasteiger partial charge is 0.224 e. The number of amides is 1. The lowest BCUT2D eigenvalue weighted by Gasteiger charge is -2.26. The van der Waals surface area contributed by atoms with E-state index < -0.39 is 9.84 Å². The fourth-order valence-electron chi connectivity index (χ4n) is 1.90. The Hall–Kier alpha value is -0.880. The summed E-state index contributed by atoms with van der Waals surface area (Å²) in [6.07, 6.45) is 1.91. The topological polar surface area (TPSA) is 66.5 Å². The maximum atomic E-state index is 11.9. The number of sulfone groups is 1. The molecule has 0 spiro atoms. The summed E-state index contributed by atoms with van der Waals surface area (Å²) in [6, 6.07) is -0.250. The molecule has 1 amide bonds. The summed E-state index contributed by atoms with van der Waals surface area (Å²) in [4.78, 5) is 13.5. The summed E-state index contributed by atoms with van der Waals surface area (Å²) in [5.41, 5.74) is 0. The third-order valence-corrected chi connectivity index (χ3v) is 4.54. The number of rotatable bonds is 5. The van der Waals surface area contributed by atoms with Gasteiger partial charge in [0.05, 0.1) is 11.5 Å². The van der Waals surface area contributed by atoms with E-state index in [4.69, 9.17) is 0 Å². The second-order valence-corrected chi connectivity index (χ2v) is 6.42. The van der Waals surface area contributed by atoms with Crippen molar-refractivity contribution >= 4 is 15.7 Å². The molecule has 6 heteroatoms. The van der Waals surface area contributed by atoms with E-state index in [0.717, 1.165) is 0 Å². The fourth-order valence-corrected chi connectivity index (χ4v) is 3.35. The fraction of sp³-hybridized carbons (Fsp3) is 0.727. The van der Waals surface area contributed by atoms with E-state index in [1.807, 2.05) is 6.92 Å². The van der Waals surface area contributed by atoms with Crippen LogP contribution in [0.15, 0.2) is 12.7 Å². The zero-order chi connectivity index (χ0) is 12.9. The van der Waals surface area contributed by atoms with E-state index in [0.29, 0.717) is 19.6 Å². The number of nitrogens with zero attached hydrogens (tertiary/aromatic N) is 1. The summed E-state index contributed by atoms with van der Waals surface area (Å²) < 4.78 is 22.9. The molecule has 17 heavy (non-hydrogen) atoms. The molecule has 1 rings (SSSR count). The van der Waals surface area contributed by atoms with Crippen LogP contribution in [0.1, 0.15) is 13.3 Å². The summed E-state index contributed by atoms with van der Waals surface area (Å²) in [5, 5.41) is 3.07. The van der Waals surface area contributed by atoms with E-state index >= 15 is 0 Å². The van der Waals surface area contributed by atoms with Crippen molar-refractivity contribution in [2.75, 3.05) is 31.1 Å². The van der Waals surface area contributed by atoms with Gasteiger partial charge in [0.1, 0.15) is 0 Å². The van der Waals surface area contributed by atoms with E-state index in [9.17, 15) is 13.2 Å². The third-order valence-electron chi connectivity index (χ3n) is 2.81. The lowest BCUT2D eigenvalue weighted by atomic mass is 10.2. The average Bonchev–Trinajstić information content (AvgIpc) is 2.24. The first kappa shape index (κ1) is 14.2. The molecule has 98 valence electrons. The van der Waals surface area contributed by atoms with Crippen molar-refractivity contribution in [2.24, 2.45) is 0 Å². The maximum absolute atomic E-state index is 11.9. The minimum Gasteiger partial charge on any atom is -0.339 e. The van der Waals surface area contributed by atoms with Crippen molar-refractivity contribution < 1.29 is 13.2 Å². The SMILES string of the molecule is C=CCN(CC)C(=O)CC1CS(=O)(=O)CCN1. The van der Waals surface area contributed by atoms with E-state index in [1.54, 1.807) is 11.0 Å². The van der Waals surface area contributed by atoms with Crippen LogP contribution in [-0.4, -0.2) is 56.4 Å². The van der Waals surface area contributed by atoms with Crippen LogP contribution in [-0.2, 0) is 14.6 Å². The second-order valence-electron chi connectivity index (χ2n) is 4.19. The van der Waals surface area contributed by atoms with E-state index in [1.165, 1.54) is 0 Å². The second kappa shape index (κ2) is 6.16. The quantitative estimate of drug-likeness (QED) is 0.695. The van der Waals surface area contributed by atoms with Crippen molar-refractivity contribution in [1.29, 1.82) is 0 Å². The monoisotopic (exact) mass is 260 g/mol. The molecule has 1 aliphatic rings. The van der Waals surface area contributed by atoms with Gasteiger partial charge in [-0.05, 0) is 6.92 Å². The highest BCUT2D eigenvalue weighted by Gasteiger charge is 2.27. The van der Waals surface area contributed by atoms with Gasteiger partial charge in [0.15, 0.2) is 9.84 Å². The summed E-state index contributed by atoms with van der Waals surface area (Å²) >= 11 is 0. The van der Waals surface area contributed by atoms with Gasteiger partial charge >= 0.3 is 0 Å². The number of nitrogens with one attached hydrogen (secondary N) is 1. The molecule has 1 fully saturated rings. The maximum Gasteiger partial charge on any atom is 0.224 e. The van der Waals surface area contributed by atoms with Gasteiger partial charge in [0, 0.05) is 32.1 Å². The van der Waals surface area contributed by atoms with Gasteiger partial charge in [-0.2, -0.15) is 0 Å². The first-order valence-corrected chi connectivity index (χ1v) is 7.63. The zero-order valence-corrected chi connectivity index (χ0v) is 11.0. The van der Waals surface area contributed by atoms with Crippen LogP contribution in [0.2, 0.25) is 0 Å². The third kappa shape index (κ3) is 4.47. The number of likely N-dealkylation sites (N-methyl/N-ethyl adjacent to an activating group) is 1. The summed E-state index contributed by atoms with van der Waals surface area (Å²) in [6.45, 7) is 7.05. The molecule has 1 heterocycles. The van der Waals surface area contributed by atoms with Crippen molar-refractivity contribution in [3.63, 3.8) is 0 Å². The highest BCUT2D eigenvalue weighted by atomic mass is 32.2. The van der Waals surface area contributed by atoms with Gasteiger partial charge in [0.25, 0.3) is 0 Å². The molecule has 1 unspecified atom stereocenters. The Balaban J connectivity index is 2.53. The summed E-state index contributed by atoms with van der Waals surface area (Å²) in [7, 11) is -2.98. The zero-order valence-electron chi connectivity index (χ0n) is 10.2. The molecule has 0 radical (unpaired) electrons. The predicted molar refractivity (Wildman–Crippen MR) is 67.5 cm³/mol. The Labute approximate surface area is 103 Å². The first-order valence-electron chi connectivity index (χ1n) is 5.81. The van der Waals surface area contributed by atoms with Crippen molar-refractivity contribution in [3.05, 3.63) is 12.7 Å². The number of carbonyl (C=O) groups is 1. The number of hydrogen-bond acceptors (Lipinski definition) is 4. The van der Waals surface area contributed by atoms with Crippen molar-refractivity contribution in [3.8, 4) is 0 Å². The standard InChI is InChI=1S/C11H20N2O3S/c1-3-6-13(4-2)11(14)8-10-9-17(15,16)7-5-12-10/h3,10,12H,1,4-9H2,2H3. The minimum atomic E-state index is -2.98. The van der Waals surface area contributed by atoms with Crippen LogP contribution in [0, 0.1) is 0 Å².